The van der Waals surface area contributed by atoms with Crippen LogP contribution in [0.1, 0.15) is 54.2 Å². The number of nitrogens with zero attached hydrogens (tertiary/aromatic N) is 3. The van der Waals surface area contributed by atoms with E-state index in [2.05, 4.69) is 14.9 Å². The number of nitrogens with one attached hydrogen (secondary N) is 2. The molecule has 7 nitrogen and oxygen atoms in total. The Hall–Kier alpha value is -3.09. The van der Waals surface area contributed by atoms with Crippen LogP contribution < -0.4 is 5.32 Å². The maximum absolute atomic E-state index is 13.1. The van der Waals surface area contributed by atoms with Crippen LogP contribution in [0.5, 0.6) is 0 Å². The topological polar surface area (TPSA) is 83.0 Å². The van der Waals surface area contributed by atoms with Crippen LogP contribution in [0, 0.1) is 0 Å². The van der Waals surface area contributed by atoms with Crippen molar-refractivity contribution in [2.45, 2.75) is 51.2 Å². The van der Waals surface area contributed by atoms with Gasteiger partial charge in [0.15, 0.2) is 0 Å². The van der Waals surface area contributed by atoms with Crippen LogP contribution in [0.2, 0.25) is 0 Å². The van der Waals surface area contributed by atoms with Crippen LogP contribution in [0.4, 0.5) is 0 Å². The largest absolute Gasteiger partial charge is 0.353 e. The highest BCUT2D eigenvalue weighted by Crippen LogP contribution is 2.27. The molecule has 150 valence electrons. The van der Waals surface area contributed by atoms with Gasteiger partial charge in [0.1, 0.15) is 11.5 Å². The smallest absolute Gasteiger partial charge is 0.270 e. The molecule has 0 radical (unpaired) electrons. The van der Waals surface area contributed by atoms with Gasteiger partial charge in [-0.3, -0.25) is 9.59 Å². The number of rotatable bonds is 4. The quantitative estimate of drug-likeness (QED) is 0.717. The predicted molar refractivity (Wildman–Crippen MR) is 109 cm³/mol. The van der Waals surface area contributed by atoms with E-state index in [1.54, 1.807) is 0 Å². The Labute approximate surface area is 169 Å². The number of aromatic amines is 1. The minimum Gasteiger partial charge on any atom is -0.353 e. The Bertz CT molecular complexity index is 1050. The molecule has 29 heavy (non-hydrogen) atoms. The summed E-state index contributed by atoms with van der Waals surface area (Å²) in [7, 11) is 0. The number of aromatic nitrogens is 3. The van der Waals surface area contributed by atoms with Gasteiger partial charge in [0.2, 0.25) is 5.91 Å². The van der Waals surface area contributed by atoms with E-state index in [9.17, 15) is 9.59 Å². The van der Waals surface area contributed by atoms with Gasteiger partial charge in [-0.2, -0.15) is 0 Å². The lowest BCUT2D eigenvalue weighted by atomic mass is 9.93. The highest BCUT2D eigenvalue weighted by Gasteiger charge is 2.31. The van der Waals surface area contributed by atoms with Crippen LogP contribution in [-0.2, 0) is 17.8 Å². The Morgan fingerprint density at radius 2 is 2.07 bits per heavy atom. The van der Waals surface area contributed by atoms with Crippen molar-refractivity contribution in [3.63, 3.8) is 0 Å². The highest BCUT2D eigenvalue weighted by atomic mass is 16.2. The molecule has 0 unspecified atom stereocenters. The van der Waals surface area contributed by atoms with Gasteiger partial charge in [-0.15, -0.1) is 0 Å². The van der Waals surface area contributed by atoms with E-state index in [4.69, 9.17) is 4.98 Å². The lowest BCUT2D eigenvalue weighted by Crippen LogP contribution is -2.41. The zero-order valence-corrected chi connectivity index (χ0v) is 16.5. The second kappa shape index (κ2) is 7.06. The summed E-state index contributed by atoms with van der Waals surface area (Å²) in [6, 6.07) is 9.98. The van der Waals surface area contributed by atoms with Gasteiger partial charge < -0.3 is 19.8 Å². The summed E-state index contributed by atoms with van der Waals surface area (Å²) < 4.78 is 2.08. The standard InChI is InChI=1S/C22H25N5O2/c1-14-21-24-17(12-20(28)23-16-6-4-7-16)13-26(21)9-10-27(14)22(29)19-11-15-5-2-3-8-18(15)25-19/h2-3,5,8,11,13-14,16,25H,4,6-7,9-10,12H2,1H3,(H,23,28)/t14-/m1/s1. The summed E-state index contributed by atoms with van der Waals surface area (Å²) in [4.78, 5) is 35.1. The van der Waals surface area contributed by atoms with Gasteiger partial charge in [0.05, 0.1) is 18.2 Å². The minimum absolute atomic E-state index is 0.0211. The summed E-state index contributed by atoms with van der Waals surface area (Å²) in [5, 5.41) is 4.09. The van der Waals surface area contributed by atoms with Gasteiger partial charge in [0.25, 0.3) is 5.91 Å². The first-order chi connectivity index (χ1) is 14.1. The Morgan fingerprint density at radius 3 is 2.83 bits per heavy atom. The number of carbonyl (C=O) groups excluding carboxylic acids is 2. The lowest BCUT2D eigenvalue weighted by molar-refractivity contribution is -0.121. The van der Waals surface area contributed by atoms with Gasteiger partial charge in [0, 0.05) is 36.2 Å². The normalized spacial score (nSPS) is 19.1. The first-order valence-electron chi connectivity index (χ1n) is 10.3. The molecule has 3 aromatic rings. The molecule has 0 bridgehead atoms. The van der Waals surface area contributed by atoms with Gasteiger partial charge in [-0.1, -0.05) is 18.2 Å². The van der Waals surface area contributed by atoms with Crippen molar-refractivity contribution in [3.05, 3.63) is 53.7 Å². The molecular weight excluding hydrogens is 366 g/mol. The number of H-pyrrole nitrogens is 1. The number of amides is 2. The summed E-state index contributed by atoms with van der Waals surface area (Å²) in [5.41, 5.74) is 2.32. The molecule has 1 aliphatic carbocycles. The van der Waals surface area contributed by atoms with Crippen LogP contribution in [0.25, 0.3) is 10.9 Å². The number of hydrogen-bond donors (Lipinski definition) is 2. The zero-order chi connectivity index (χ0) is 20.0. The molecule has 3 heterocycles. The van der Waals surface area contributed by atoms with Crippen molar-refractivity contribution in [2.75, 3.05) is 6.54 Å². The van der Waals surface area contributed by atoms with Crippen LogP contribution in [-0.4, -0.2) is 43.8 Å². The Morgan fingerprint density at radius 1 is 1.24 bits per heavy atom. The summed E-state index contributed by atoms with van der Waals surface area (Å²) in [6.07, 6.45) is 5.60. The van der Waals surface area contributed by atoms with E-state index in [-0.39, 0.29) is 17.9 Å². The van der Waals surface area contributed by atoms with Crippen LogP contribution in [0.15, 0.2) is 36.5 Å². The molecule has 7 heteroatoms. The van der Waals surface area contributed by atoms with E-state index in [1.165, 1.54) is 6.42 Å². The third-order valence-electron chi connectivity index (χ3n) is 6.11. The second-order valence-corrected chi connectivity index (χ2v) is 8.10. The fourth-order valence-corrected chi connectivity index (χ4v) is 4.25. The summed E-state index contributed by atoms with van der Waals surface area (Å²) in [5.74, 6) is 0.850. The summed E-state index contributed by atoms with van der Waals surface area (Å²) in [6.45, 7) is 3.30. The summed E-state index contributed by atoms with van der Waals surface area (Å²) >= 11 is 0. The van der Waals surface area contributed by atoms with Crippen molar-refractivity contribution >= 4 is 22.7 Å². The molecule has 1 aromatic carbocycles. The average molecular weight is 391 g/mol. The lowest BCUT2D eigenvalue weighted by Gasteiger charge is -2.33. The van der Waals surface area contributed by atoms with E-state index in [0.29, 0.717) is 31.2 Å². The maximum Gasteiger partial charge on any atom is 0.270 e. The SMILES string of the molecule is C[C@@H]1c2nc(CC(=O)NC3CCC3)cn2CCN1C(=O)c1cc2ccccc2[nH]1. The number of para-hydroxylation sites is 1. The maximum atomic E-state index is 13.1. The Kier molecular flexibility index (Phi) is 4.38. The molecule has 1 aliphatic heterocycles. The van der Waals surface area contributed by atoms with Gasteiger partial charge in [-0.25, -0.2) is 4.98 Å². The number of carbonyl (C=O) groups is 2. The van der Waals surface area contributed by atoms with Crippen molar-refractivity contribution in [2.24, 2.45) is 0 Å². The first kappa shape index (κ1) is 18.0. The predicted octanol–water partition coefficient (Wildman–Crippen LogP) is 2.79. The number of fused-ring (bicyclic) bond motifs is 2. The van der Waals surface area contributed by atoms with Gasteiger partial charge in [-0.05, 0) is 38.3 Å². The molecule has 1 fully saturated rings. The molecule has 1 saturated carbocycles. The van der Waals surface area contributed by atoms with Crippen LogP contribution in [0.3, 0.4) is 0 Å². The van der Waals surface area contributed by atoms with E-state index in [0.717, 1.165) is 35.3 Å². The number of hydrogen-bond acceptors (Lipinski definition) is 3. The van der Waals surface area contributed by atoms with Crippen molar-refractivity contribution in [3.8, 4) is 0 Å². The fourth-order valence-electron chi connectivity index (χ4n) is 4.25. The number of imidazole rings is 1. The molecular formula is C22H25N5O2. The zero-order valence-electron chi connectivity index (χ0n) is 16.5. The van der Waals surface area contributed by atoms with Crippen molar-refractivity contribution < 1.29 is 9.59 Å². The molecule has 0 saturated heterocycles. The fraction of sp³-hybridized carbons (Fsp3) is 0.409. The van der Waals surface area contributed by atoms with Crippen LogP contribution >= 0.6 is 0 Å². The molecule has 5 rings (SSSR count). The number of benzene rings is 1. The second-order valence-electron chi connectivity index (χ2n) is 8.10. The molecule has 2 aromatic heterocycles. The average Bonchev–Trinajstić information content (AvgIpc) is 3.28. The monoisotopic (exact) mass is 391 g/mol. The van der Waals surface area contributed by atoms with E-state index < -0.39 is 0 Å². The molecule has 1 atom stereocenters. The van der Waals surface area contributed by atoms with Crippen molar-refractivity contribution in [1.29, 1.82) is 0 Å². The van der Waals surface area contributed by atoms with E-state index in [1.807, 2.05) is 48.4 Å². The molecule has 2 N–H and O–H groups in total. The van der Waals surface area contributed by atoms with Gasteiger partial charge >= 0.3 is 0 Å². The third-order valence-corrected chi connectivity index (χ3v) is 6.11. The first-order valence-corrected chi connectivity index (χ1v) is 10.3. The highest BCUT2D eigenvalue weighted by molar-refractivity contribution is 5.98. The van der Waals surface area contributed by atoms with Crippen molar-refractivity contribution in [1.82, 2.24) is 24.8 Å². The molecule has 2 amide bonds. The third kappa shape index (κ3) is 3.30. The molecule has 0 spiro atoms. The minimum atomic E-state index is -0.147. The molecule has 2 aliphatic rings. The Balaban J connectivity index is 1.32. The van der Waals surface area contributed by atoms with E-state index >= 15 is 0 Å².